The lowest BCUT2D eigenvalue weighted by atomic mass is 9.80. The van der Waals surface area contributed by atoms with Crippen LogP contribution in [0, 0.1) is 5.92 Å². The number of H-pyrrole nitrogens is 1. The van der Waals surface area contributed by atoms with E-state index in [-0.39, 0.29) is 0 Å². The van der Waals surface area contributed by atoms with E-state index in [0.29, 0.717) is 0 Å². The van der Waals surface area contributed by atoms with Crippen LogP contribution < -0.4 is 4.74 Å². The molecule has 0 spiro atoms. The van der Waals surface area contributed by atoms with Crippen molar-refractivity contribution in [1.82, 2.24) is 9.88 Å². The maximum atomic E-state index is 6.29. The summed E-state index contributed by atoms with van der Waals surface area (Å²) in [7, 11) is 0. The normalized spacial score (nSPS) is 23.9. The Labute approximate surface area is 161 Å². The van der Waals surface area contributed by atoms with Crippen LogP contribution in [-0.2, 0) is 0 Å². The molecule has 2 bridgehead atoms. The molecule has 0 saturated carbocycles. The van der Waals surface area contributed by atoms with Crippen molar-refractivity contribution in [1.29, 1.82) is 0 Å². The number of nitrogens with one attached hydrogen (secondary N) is 1. The highest BCUT2D eigenvalue weighted by atomic mass is 16.5. The number of aromatic amines is 1. The molecule has 0 unspecified atom stereocenters. The summed E-state index contributed by atoms with van der Waals surface area (Å²) in [5, 5.41) is 2.54. The Morgan fingerprint density at radius 3 is 2.67 bits per heavy atom. The monoisotopic (exact) mass is 360 g/mol. The fourth-order valence-electron chi connectivity index (χ4n) is 4.93. The number of nitrogens with zero attached hydrogens (tertiary/aromatic N) is 1. The highest BCUT2D eigenvalue weighted by Crippen LogP contribution is 2.35. The number of hydrogen-bond donors (Lipinski definition) is 1. The van der Waals surface area contributed by atoms with Gasteiger partial charge in [-0.3, -0.25) is 4.90 Å². The number of aromatic nitrogens is 1. The first kappa shape index (κ1) is 16.9. The molecule has 3 fully saturated rings. The van der Waals surface area contributed by atoms with Crippen molar-refractivity contribution in [3.05, 3.63) is 53.6 Å². The molecule has 1 N–H and O–H groups in total. The van der Waals surface area contributed by atoms with Crippen LogP contribution >= 0.6 is 0 Å². The van der Waals surface area contributed by atoms with Crippen molar-refractivity contribution in [2.24, 2.45) is 5.92 Å². The van der Waals surface area contributed by atoms with Gasteiger partial charge in [0.1, 0.15) is 12.4 Å². The minimum atomic E-state index is 0.735. The molecule has 3 saturated heterocycles. The van der Waals surface area contributed by atoms with E-state index in [0.717, 1.165) is 30.2 Å². The summed E-state index contributed by atoms with van der Waals surface area (Å²) in [6.45, 7) is 6.75. The second-order valence-corrected chi connectivity index (χ2v) is 8.10. The lowest BCUT2D eigenvalue weighted by molar-refractivity contribution is 0.158. The second-order valence-electron chi connectivity index (χ2n) is 8.10. The molecule has 0 radical (unpaired) electrons. The van der Waals surface area contributed by atoms with Gasteiger partial charge in [-0.2, -0.15) is 0 Å². The molecule has 6 rings (SSSR count). The summed E-state index contributed by atoms with van der Waals surface area (Å²) in [6, 6.07) is 14.9. The Bertz CT molecular complexity index is 992. The zero-order valence-corrected chi connectivity index (χ0v) is 16.1. The number of rotatable bonds is 5. The van der Waals surface area contributed by atoms with Crippen LogP contribution in [0.4, 0.5) is 0 Å². The number of piperidine rings is 3. The number of para-hydroxylation sites is 1. The molecule has 3 aliphatic heterocycles. The average Bonchev–Trinajstić information content (AvgIpc) is 3.09. The van der Waals surface area contributed by atoms with Crippen LogP contribution in [-0.4, -0.2) is 36.1 Å². The van der Waals surface area contributed by atoms with E-state index in [4.69, 9.17) is 4.74 Å². The smallest absolute Gasteiger partial charge is 0.121 e. The molecule has 3 aliphatic rings. The lowest BCUT2D eigenvalue weighted by Crippen LogP contribution is -2.43. The molecule has 0 aliphatic carbocycles. The summed E-state index contributed by atoms with van der Waals surface area (Å²) in [4.78, 5) is 6.13. The Hall–Kier alpha value is -2.26. The van der Waals surface area contributed by atoms with Gasteiger partial charge in [-0.25, -0.2) is 0 Å². The van der Waals surface area contributed by atoms with Gasteiger partial charge in [-0.15, -0.1) is 0 Å². The molecule has 140 valence electrons. The van der Waals surface area contributed by atoms with E-state index in [1.807, 2.05) is 0 Å². The standard InChI is InChI=1S/C24H28N2O/c1-2-5-18(22-15-26-12-10-17(22)11-13-26)16-27-19-8-9-21-20-6-3-4-7-23(20)25-24(21)14-19/h3-4,6-9,14,17,25H,2,5,10-13,15-16H2,1H3. The Morgan fingerprint density at radius 2 is 1.89 bits per heavy atom. The second kappa shape index (κ2) is 7.05. The maximum Gasteiger partial charge on any atom is 0.121 e. The van der Waals surface area contributed by atoms with Gasteiger partial charge in [0.25, 0.3) is 0 Å². The number of ether oxygens (including phenoxy) is 1. The third kappa shape index (κ3) is 3.14. The van der Waals surface area contributed by atoms with E-state index in [1.54, 1.807) is 11.1 Å². The van der Waals surface area contributed by atoms with Crippen LogP contribution in [0.1, 0.15) is 32.6 Å². The minimum Gasteiger partial charge on any atom is -0.489 e. The van der Waals surface area contributed by atoms with Crippen LogP contribution in [0.5, 0.6) is 5.75 Å². The molecule has 0 amide bonds. The average molecular weight is 361 g/mol. The van der Waals surface area contributed by atoms with Crippen molar-refractivity contribution in [3.63, 3.8) is 0 Å². The van der Waals surface area contributed by atoms with Crippen molar-refractivity contribution in [2.45, 2.75) is 32.6 Å². The predicted molar refractivity (Wildman–Crippen MR) is 112 cm³/mol. The van der Waals surface area contributed by atoms with Crippen LogP contribution in [0.25, 0.3) is 21.8 Å². The maximum absolute atomic E-state index is 6.29. The first-order valence-corrected chi connectivity index (χ1v) is 10.4. The van der Waals surface area contributed by atoms with Gasteiger partial charge in [0.05, 0.1) is 5.52 Å². The van der Waals surface area contributed by atoms with Gasteiger partial charge in [0.2, 0.25) is 0 Å². The SMILES string of the molecule is CCCC(COc1ccc2c(c1)[nH]c1ccccc12)=C1CN2CCC1CC2. The Kier molecular flexibility index (Phi) is 4.41. The van der Waals surface area contributed by atoms with Crippen LogP contribution in [0.15, 0.2) is 53.6 Å². The molecule has 4 heterocycles. The van der Waals surface area contributed by atoms with Crippen molar-refractivity contribution in [2.75, 3.05) is 26.2 Å². The quantitative estimate of drug-likeness (QED) is 0.607. The highest BCUT2D eigenvalue weighted by molar-refractivity contribution is 6.07. The molecule has 3 nitrogen and oxygen atoms in total. The molecule has 0 atom stereocenters. The topological polar surface area (TPSA) is 28.3 Å². The third-order valence-electron chi connectivity index (χ3n) is 6.37. The number of fused-ring (bicyclic) bond motifs is 6. The first-order chi connectivity index (χ1) is 13.3. The largest absolute Gasteiger partial charge is 0.489 e. The van der Waals surface area contributed by atoms with E-state index >= 15 is 0 Å². The van der Waals surface area contributed by atoms with Crippen LogP contribution in [0.2, 0.25) is 0 Å². The van der Waals surface area contributed by atoms with Gasteiger partial charge in [0.15, 0.2) is 0 Å². The van der Waals surface area contributed by atoms with Crippen LogP contribution in [0.3, 0.4) is 0 Å². The molecule has 27 heavy (non-hydrogen) atoms. The highest BCUT2D eigenvalue weighted by Gasteiger charge is 2.31. The van der Waals surface area contributed by atoms with E-state index < -0.39 is 0 Å². The van der Waals surface area contributed by atoms with Crippen molar-refractivity contribution in [3.8, 4) is 5.75 Å². The molecule has 3 heteroatoms. The zero-order chi connectivity index (χ0) is 18.2. The van der Waals surface area contributed by atoms with Gasteiger partial charge < -0.3 is 9.72 Å². The molecule has 1 aromatic heterocycles. The predicted octanol–water partition coefficient (Wildman–Crippen LogP) is 5.52. The fraction of sp³-hybridized carbons (Fsp3) is 0.417. The molecular formula is C24H28N2O. The minimum absolute atomic E-state index is 0.735. The summed E-state index contributed by atoms with van der Waals surface area (Å²) in [6.07, 6.45) is 5.03. The van der Waals surface area contributed by atoms with Gasteiger partial charge in [-0.1, -0.05) is 37.1 Å². The van der Waals surface area contributed by atoms with Crippen molar-refractivity contribution < 1.29 is 4.74 Å². The van der Waals surface area contributed by atoms with Gasteiger partial charge in [0, 0.05) is 28.9 Å². The summed E-state index contributed by atoms with van der Waals surface area (Å²) >= 11 is 0. The van der Waals surface area contributed by atoms with Crippen molar-refractivity contribution >= 4 is 21.8 Å². The summed E-state index contributed by atoms with van der Waals surface area (Å²) in [5.41, 5.74) is 5.57. The lowest BCUT2D eigenvalue weighted by Gasteiger charge is -2.42. The molecular weight excluding hydrogens is 332 g/mol. The zero-order valence-electron chi connectivity index (χ0n) is 16.1. The third-order valence-corrected chi connectivity index (χ3v) is 6.37. The summed E-state index contributed by atoms with van der Waals surface area (Å²) < 4.78 is 6.29. The first-order valence-electron chi connectivity index (χ1n) is 10.4. The summed E-state index contributed by atoms with van der Waals surface area (Å²) in [5.74, 6) is 1.76. The number of hydrogen-bond acceptors (Lipinski definition) is 2. The fourth-order valence-corrected chi connectivity index (χ4v) is 4.93. The van der Waals surface area contributed by atoms with Gasteiger partial charge >= 0.3 is 0 Å². The van der Waals surface area contributed by atoms with Gasteiger partial charge in [-0.05, 0) is 62.0 Å². The molecule has 3 aromatic rings. The van der Waals surface area contributed by atoms with E-state index in [9.17, 15) is 0 Å². The Balaban J connectivity index is 1.40. The Morgan fingerprint density at radius 1 is 1.07 bits per heavy atom. The number of benzene rings is 2. The van der Waals surface area contributed by atoms with E-state index in [1.165, 1.54) is 55.2 Å². The van der Waals surface area contributed by atoms with E-state index in [2.05, 4.69) is 59.3 Å². The molecule has 2 aromatic carbocycles.